The van der Waals surface area contributed by atoms with Crippen LogP contribution in [-0.4, -0.2) is 48.1 Å². The van der Waals surface area contributed by atoms with Gasteiger partial charge in [0.15, 0.2) is 0 Å². The number of carbonyl (C=O) groups excluding carboxylic acids is 1. The summed E-state index contributed by atoms with van der Waals surface area (Å²) in [5, 5.41) is 8.93. The molecule has 0 bridgehead atoms. The highest BCUT2D eigenvalue weighted by molar-refractivity contribution is 5.94. The lowest BCUT2D eigenvalue weighted by molar-refractivity contribution is 0.0378. The molecule has 4 rings (SSSR count). The Morgan fingerprint density at radius 2 is 1.80 bits per heavy atom. The van der Waals surface area contributed by atoms with Crippen molar-refractivity contribution in [3.63, 3.8) is 0 Å². The van der Waals surface area contributed by atoms with Gasteiger partial charge < -0.3 is 14.4 Å². The van der Waals surface area contributed by atoms with Crippen LogP contribution in [0.25, 0.3) is 0 Å². The predicted octanol–water partition coefficient (Wildman–Crippen LogP) is 4.42. The molecular formula is C28H30N4O3. The standard InChI is InChI=1S/C28H30N4O3/c1-21(2)35-28(33)26-7-4-12-30-27(26)32-15-13-31(14-16-32)19-24-5-3-6-25(17-24)34-20-23-10-8-22(18-29)9-11-23/h3-12,17,21H,13-16,19-20H2,1-2H3. The van der Waals surface area contributed by atoms with Crippen LogP contribution in [0.1, 0.15) is 40.9 Å². The second kappa shape index (κ2) is 11.5. The van der Waals surface area contributed by atoms with Crippen molar-refractivity contribution in [3.05, 3.63) is 89.1 Å². The van der Waals surface area contributed by atoms with Gasteiger partial charge in [-0.25, -0.2) is 9.78 Å². The van der Waals surface area contributed by atoms with E-state index < -0.39 is 0 Å². The second-order valence-electron chi connectivity index (χ2n) is 8.84. The maximum Gasteiger partial charge on any atom is 0.342 e. The van der Waals surface area contributed by atoms with Crippen molar-refractivity contribution in [2.24, 2.45) is 0 Å². The minimum absolute atomic E-state index is 0.170. The Morgan fingerprint density at radius 3 is 2.51 bits per heavy atom. The first-order chi connectivity index (χ1) is 17.0. The van der Waals surface area contributed by atoms with Crippen LogP contribution in [0.4, 0.5) is 5.82 Å². The third-order valence-electron chi connectivity index (χ3n) is 5.81. The SMILES string of the molecule is CC(C)OC(=O)c1cccnc1N1CCN(Cc2cccc(OCc3ccc(C#N)cc3)c2)CC1. The Hall–Kier alpha value is -3.89. The number of esters is 1. The first-order valence-corrected chi connectivity index (χ1v) is 11.9. The predicted molar refractivity (Wildman–Crippen MR) is 134 cm³/mol. The summed E-state index contributed by atoms with van der Waals surface area (Å²) >= 11 is 0. The summed E-state index contributed by atoms with van der Waals surface area (Å²) in [5.41, 5.74) is 3.37. The Kier molecular flexibility index (Phi) is 7.96. The monoisotopic (exact) mass is 470 g/mol. The van der Waals surface area contributed by atoms with Gasteiger partial charge in [-0.2, -0.15) is 5.26 Å². The zero-order valence-corrected chi connectivity index (χ0v) is 20.2. The number of hydrogen-bond acceptors (Lipinski definition) is 7. The van der Waals surface area contributed by atoms with Crippen LogP contribution in [0.15, 0.2) is 66.9 Å². The number of piperazine rings is 1. The van der Waals surface area contributed by atoms with E-state index in [-0.39, 0.29) is 12.1 Å². The van der Waals surface area contributed by atoms with Gasteiger partial charge in [-0.1, -0.05) is 24.3 Å². The Bertz CT molecular complexity index is 1180. The van der Waals surface area contributed by atoms with Crippen molar-refractivity contribution in [1.82, 2.24) is 9.88 Å². The number of benzene rings is 2. The Balaban J connectivity index is 1.32. The summed E-state index contributed by atoms with van der Waals surface area (Å²) in [4.78, 5) is 21.5. The maximum absolute atomic E-state index is 12.5. The highest BCUT2D eigenvalue weighted by Gasteiger charge is 2.23. The number of nitrogens with zero attached hydrogens (tertiary/aromatic N) is 4. The molecule has 1 fully saturated rings. The molecule has 7 nitrogen and oxygen atoms in total. The molecule has 0 radical (unpaired) electrons. The van der Waals surface area contributed by atoms with Gasteiger partial charge in [-0.05, 0) is 61.4 Å². The molecule has 1 saturated heterocycles. The Labute approximate surface area is 206 Å². The number of rotatable bonds is 8. The molecule has 1 aliphatic heterocycles. The van der Waals surface area contributed by atoms with E-state index in [1.807, 2.05) is 38.1 Å². The van der Waals surface area contributed by atoms with E-state index in [0.717, 1.165) is 44.0 Å². The molecule has 3 aromatic rings. The molecule has 2 heterocycles. The summed E-state index contributed by atoms with van der Waals surface area (Å²) in [6.45, 7) is 8.28. The molecule has 0 amide bonds. The summed E-state index contributed by atoms with van der Waals surface area (Å²) in [6, 6.07) is 21.3. The normalized spacial score (nSPS) is 13.9. The first kappa shape index (κ1) is 24.2. The van der Waals surface area contributed by atoms with Gasteiger partial charge in [0.25, 0.3) is 0 Å². The zero-order valence-electron chi connectivity index (χ0n) is 20.2. The number of aromatic nitrogens is 1. The summed E-state index contributed by atoms with van der Waals surface area (Å²) in [6.07, 6.45) is 1.55. The number of anilines is 1. The molecule has 0 spiro atoms. The average Bonchev–Trinajstić information content (AvgIpc) is 2.88. The molecule has 1 aromatic heterocycles. The molecule has 1 aliphatic rings. The van der Waals surface area contributed by atoms with Crippen LogP contribution in [-0.2, 0) is 17.9 Å². The van der Waals surface area contributed by atoms with E-state index >= 15 is 0 Å². The third-order valence-corrected chi connectivity index (χ3v) is 5.81. The fraction of sp³-hybridized carbons (Fsp3) is 0.321. The fourth-order valence-electron chi connectivity index (χ4n) is 4.04. The molecule has 0 saturated carbocycles. The maximum atomic E-state index is 12.5. The van der Waals surface area contributed by atoms with Gasteiger partial charge in [0, 0.05) is 38.9 Å². The van der Waals surface area contributed by atoms with Crippen molar-refractivity contribution >= 4 is 11.8 Å². The summed E-state index contributed by atoms with van der Waals surface area (Å²) in [5.74, 6) is 1.19. The van der Waals surface area contributed by atoms with Crippen molar-refractivity contribution in [2.75, 3.05) is 31.1 Å². The van der Waals surface area contributed by atoms with E-state index in [1.165, 1.54) is 5.56 Å². The van der Waals surface area contributed by atoms with Crippen LogP contribution < -0.4 is 9.64 Å². The van der Waals surface area contributed by atoms with Crippen LogP contribution >= 0.6 is 0 Å². The Morgan fingerprint density at radius 1 is 1.03 bits per heavy atom. The molecular weight excluding hydrogens is 440 g/mol. The molecule has 180 valence electrons. The third kappa shape index (κ3) is 6.58. The highest BCUT2D eigenvalue weighted by atomic mass is 16.5. The molecule has 0 atom stereocenters. The van der Waals surface area contributed by atoms with Gasteiger partial charge in [-0.3, -0.25) is 4.90 Å². The number of carbonyl (C=O) groups is 1. The fourth-order valence-corrected chi connectivity index (χ4v) is 4.04. The number of pyridine rings is 1. The van der Waals surface area contributed by atoms with Crippen molar-refractivity contribution in [2.45, 2.75) is 33.1 Å². The van der Waals surface area contributed by atoms with E-state index in [2.05, 4.69) is 33.0 Å². The van der Waals surface area contributed by atoms with Gasteiger partial charge >= 0.3 is 5.97 Å². The van der Waals surface area contributed by atoms with Crippen LogP contribution in [0.5, 0.6) is 5.75 Å². The quantitative estimate of drug-likeness (QED) is 0.451. The number of hydrogen-bond donors (Lipinski definition) is 0. The number of ether oxygens (including phenoxy) is 2. The highest BCUT2D eigenvalue weighted by Crippen LogP contribution is 2.22. The van der Waals surface area contributed by atoms with Crippen LogP contribution in [0, 0.1) is 11.3 Å². The molecule has 2 aromatic carbocycles. The zero-order chi connectivity index (χ0) is 24.6. The first-order valence-electron chi connectivity index (χ1n) is 11.9. The lowest BCUT2D eigenvalue weighted by Gasteiger charge is -2.36. The van der Waals surface area contributed by atoms with Crippen LogP contribution in [0.3, 0.4) is 0 Å². The summed E-state index contributed by atoms with van der Waals surface area (Å²) in [7, 11) is 0. The smallest absolute Gasteiger partial charge is 0.342 e. The average molecular weight is 471 g/mol. The topological polar surface area (TPSA) is 78.7 Å². The minimum atomic E-state index is -0.330. The molecule has 0 aliphatic carbocycles. The molecule has 7 heteroatoms. The van der Waals surface area contributed by atoms with Crippen LogP contribution in [0.2, 0.25) is 0 Å². The lowest BCUT2D eigenvalue weighted by atomic mass is 10.1. The van der Waals surface area contributed by atoms with E-state index in [9.17, 15) is 4.79 Å². The van der Waals surface area contributed by atoms with E-state index in [1.54, 1.807) is 30.5 Å². The minimum Gasteiger partial charge on any atom is -0.489 e. The number of nitriles is 1. The molecule has 35 heavy (non-hydrogen) atoms. The van der Waals surface area contributed by atoms with Crippen molar-refractivity contribution in [3.8, 4) is 11.8 Å². The van der Waals surface area contributed by atoms with Crippen molar-refractivity contribution < 1.29 is 14.3 Å². The largest absolute Gasteiger partial charge is 0.489 e. The van der Waals surface area contributed by atoms with Gasteiger partial charge in [0.2, 0.25) is 0 Å². The van der Waals surface area contributed by atoms with Gasteiger partial charge in [0.1, 0.15) is 23.7 Å². The van der Waals surface area contributed by atoms with Gasteiger partial charge in [0.05, 0.1) is 17.7 Å². The second-order valence-corrected chi connectivity index (χ2v) is 8.84. The van der Waals surface area contributed by atoms with E-state index in [4.69, 9.17) is 14.7 Å². The van der Waals surface area contributed by atoms with Gasteiger partial charge in [-0.15, -0.1) is 0 Å². The lowest BCUT2D eigenvalue weighted by Crippen LogP contribution is -2.46. The van der Waals surface area contributed by atoms with Crippen molar-refractivity contribution in [1.29, 1.82) is 5.26 Å². The molecule has 0 N–H and O–H groups in total. The van der Waals surface area contributed by atoms with E-state index in [0.29, 0.717) is 23.6 Å². The molecule has 0 unspecified atom stereocenters. The summed E-state index contributed by atoms with van der Waals surface area (Å²) < 4.78 is 11.4.